The highest BCUT2D eigenvalue weighted by Gasteiger charge is 2.55. The number of benzene rings is 4. The molecule has 0 saturated carbocycles. The summed E-state index contributed by atoms with van der Waals surface area (Å²) >= 11 is 10.4. The van der Waals surface area contributed by atoms with E-state index in [1.807, 2.05) is 91.0 Å². The van der Waals surface area contributed by atoms with Crippen molar-refractivity contribution < 1.29 is 9.36 Å². The zero-order chi connectivity index (χ0) is 23.8. The van der Waals surface area contributed by atoms with Crippen molar-refractivity contribution in [2.45, 2.75) is 5.28 Å². The van der Waals surface area contributed by atoms with Crippen LogP contribution in [0.15, 0.2) is 113 Å². The molecule has 4 aromatic carbocycles. The molecule has 1 heterocycles. The Morgan fingerprint density at radius 2 is 1.38 bits per heavy atom. The van der Waals surface area contributed by atoms with Gasteiger partial charge in [0.2, 0.25) is 0 Å². The summed E-state index contributed by atoms with van der Waals surface area (Å²) in [6, 6.07) is 31.3. The van der Waals surface area contributed by atoms with Gasteiger partial charge in [0, 0.05) is 36.9 Å². The molecule has 1 atom stereocenters. The summed E-state index contributed by atoms with van der Waals surface area (Å²) in [5.74, 6) is -0.398. The number of nitrogens with zero attached hydrogens (tertiary/aromatic N) is 1. The van der Waals surface area contributed by atoms with Crippen LogP contribution in [0.3, 0.4) is 0 Å². The van der Waals surface area contributed by atoms with Gasteiger partial charge >= 0.3 is 0 Å². The Balaban J connectivity index is 2.03. The SMILES string of the molecule is O=C1C=NC(c2ccccc2Cl)(P(=O)(c2ccccc2)c2ccccc2)c2cc(Br)ccc2N1. The van der Waals surface area contributed by atoms with E-state index in [0.29, 0.717) is 32.4 Å². The Kier molecular flexibility index (Phi) is 6.03. The summed E-state index contributed by atoms with van der Waals surface area (Å²) in [5, 5.41) is 3.02. The molecule has 0 spiro atoms. The fourth-order valence-electron chi connectivity index (χ4n) is 4.48. The number of aliphatic imine (C=N–C) groups is 1. The summed E-state index contributed by atoms with van der Waals surface area (Å²) in [5.41, 5.74) is 1.67. The average molecular weight is 550 g/mol. The van der Waals surface area contributed by atoms with Gasteiger partial charge in [0.15, 0.2) is 12.4 Å². The van der Waals surface area contributed by atoms with Crippen LogP contribution in [0.5, 0.6) is 0 Å². The first-order valence-electron chi connectivity index (χ1n) is 10.6. The van der Waals surface area contributed by atoms with Crippen molar-refractivity contribution in [3.05, 3.63) is 124 Å². The van der Waals surface area contributed by atoms with E-state index in [1.54, 1.807) is 12.1 Å². The zero-order valence-electron chi connectivity index (χ0n) is 17.9. The van der Waals surface area contributed by atoms with Crippen LogP contribution in [-0.2, 0) is 14.6 Å². The highest BCUT2D eigenvalue weighted by Crippen LogP contribution is 2.67. The largest absolute Gasteiger partial charge is 0.321 e. The first kappa shape index (κ1) is 22.8. The molecule has 0 fully saturated rings. The molecule has 1 unspecified atom stereocenters. The van der Waals surface area contributed by atoms with Gasteiger partial charge in [0.1, 0.15) is 0 Å². The van der Waals surface area contributed by atoms with Crippen molar-refractivity contribution in [2.75, 3.05) is 5.32 Å². The molecule has 1 amide bonds. The number of rotatable bonds is 4. The van der Waals surface area contributed by atoms with Crippen LogP contribution in [0, 0.1) is 0 Å². The average Bonchev–Trinajstić information content (AvgIpc) is 3.01. The van der Waals surface area contributed by atoms with E-state index >= 15 is 4.57 Å². The van der Waals surface area contributed by atoms with Crippen molar-refractivity contribution in [3.8, 4) is 0 Å². The lowest BCUT2D eigenvalue weighted by Gasteiger charge is -2.40. The number of fused-ring (bicyclic) bond motifs is 1. The molecule has 0 saturated heterocycles. The molecular formula is C27H19BrClN2O2P. The lowest BCUT2D eigenvalue weighted by molar-refractivity contribution is -0.109. The van der Waals surface area contributed by atoms with Gasteiger partial charge in [0.05, 0.1) is 6.21 Å². The van der Waals surface area contributed by atoms with E-state index in [1.165, 1.54) is 6.21 Å². The fraction of sp³-hybridized carbons (Fsp3) is 0.0370. The second kappa shape index (κ2) is 8.99. The van der Waals surface area contributed by atoms with Crippen molar-refractivity contribution in [1.29, 1.82) is 0 Å². The van der Waals surface area contributed by atoms with E-state index in [9.17, 15) is 4.79 Å². The quantitative estimate of drug-likeness (QED) is 0.302. The predicted octanol–water partition coefficient (Wildman–Crippen LogP) is 6.34. The molecule has 34 heavy (non-hydrogen) atoms. The van der Waals surface area contributed by atoms with Gasteiger partial charge in [-0.1, -0.05) is 106 Å². The number of amides is 1. The number of halogens is 2. The monoisotopic (exact) mass is 548 g/mol. The highest BCUT2D eigenvalue weighted by atomic mass is 79.9. The summed E-state index contributed by atoms with van der Waals surface area (Å²) in [7, 11) is -3.68. The van der Waals surface area contributed by atoms with Crippen LogP contribution < -0.4 is 15.9 Å². The second-order valence-corrected chi connectivity index (χ2v) is 12.1. The fourth-order valence-corrected chi connectivity index (χ4v) is 8.69. The Hall–Kier alpha value is -2.98. The minimum atomic E-state index is -3.68. The molecule has 7 heteroatoms. The first-order chi connectivity index (χ1) is 16.5. The second-order valence-electron chi connectivity index (χ2n) is 7.87. The van der Waals surface area contributed by atoms with Crippen molar-refractivity contribution in [1.82, 2.24) is 0 Å². The van der Waals surface area contributed by atoms with E-state index in [2.05, 4.69) is 21.2 Å². The summed E-state index contributed by atoms with van der Waals surface area (Å²) in [4.78, 5) is 17.6. The van der Waals surface area contributed by atoms with Crippen molar-refractivity contribution >= 4 is 63.1 Å². The Bertz CT molecular complexity index is 1420. The number of carbonyl (C=O) groups excluding carboxylic acids is 1. The van der Waals surface area contributed by atoms with Gasteiger partial charge in [-0.05, 0) is 24.3 Å². The highest BCUT2D eigenvalue weighted by molar-refractivity contribution is 9.10. The predicted molar refractivity (Wildman–Crippen MR) is 143 cm³/mol. The van der Waals surface area contributed by atoms with E-state index in [-0.39, 0.29) is 0 Å². The summed E-state index contributed by atoms with van der Waals surface area (Å²) < 4.78 is 16.6. The molecule has 0 radical (unpaired) electrons. The van der Waals surface area contributed by atoms with Crippen LogP contribution in [-0.4, -0.2) is 12.1 Å². The topological polar surface area (TPSA) is 58.5 Å². The van der Waals surface area contributed by atoms with Crippen molar-refractivity contribution in [2.24, 2.45) is 4.99 Å². The standard InChI is InChI=1S/C27H19BrClN2O2P/c28-19-15-16-25-23(17-19)27(30-18-26(32)31-25,22-13-7-8-14-24(22)29)34(33,20-9-3-1-4-10-20)21-11-5-2-6-12-21/h1-18H,(H,31,32). The molecule has 0 aliphatic carbocycles. The molecule has 1 aliphatic rings. The maximum absolute atomic E-state index is 15.9. The molecule has 4 nitrogen and oxygen atoms in total. The third-order valence-corrected chi connectivity index (χ3v) is 10.3. The molecular weight excluding hydrogens is 531 g/mol. The van der Waals surface area contributed by atoms with Gasteiger partial charge in [-0.3, -0.25) is 9.79 Å². The van der Waals surface area contributed by atoms with Crippen LogP contribution in [0.4, 0.5) is 5.69 Å². The summed E-state index contributed by atoms with van der Waals surface area (Å²) in [6.07, 6.45) is 1.22. The number of anilines is 1. The van der Waals surface area contributed by atoms with Gasteiger partial charge < -0.3 is 9.88 Å². The molecule has 4 aromatic rings. The molecule has 0 aromatic heterocycles. The normalized spacial score (nSPS) is 17.5. The first-order valence-corrected chi connectivity index (χ1v) is 13.5. The molecule has 0 bridgehead atoms. The van der Waals surface area contributed by atoms with E-state index in [4.69, 9.17) is 16.6 Å². The van der Waals surface area contributed by atoms with Crippen LogP contribution in [0.1, 0.15) is 11.1 Å². The van der Waals surface area contributed by atoms with E-state index in [0.717, 1.165) is 4.47 Å². The summed E-state index contributed by atoms with van der Waals surface area (Å²) in [6.45, 7) is 0. The minimum absolute atomic E-state index is 0.398. The van der Waals surface area contributed by atoms with Gasteiger partial charge in [0.25, 0.3) is 5.91 Å². The molecule has 5 rings (SSSR count). The van der Waals surface area contributed by atoms with Crippen LogP contribution in [0.2, 0.25) is 5.02 Å². The minimum Gasteiger partial charge on any atom is -0.321 e. The Morgan fingerprint density at radius 1 is 0.794 bits per heavy atom. The number of nitrogens with one attached hydrogen (secondary N) is 1. The molecule has 1 aliphatic heterocycles. The van der Waals surface area contributed by atoms with Crippen LogP contribution >= 0.6 is 34.7 Å². The lowest BCUT2D eigenvalue weighted by atomic mass is 9.96. The molecule has 1 N–H and O–H groups in total. The number of carbonyl (C=O) groups is 1. The third kappa shape index (κ3) is 3.56. The van der Waals surface area contributed by atoms with Crippen molar-refractivity contribution in [3.63, 3.8) is 0 Å². The molecule has 168 valence electrons. The van der Waals surface area contributed by atoms with Gasteiger partial charge in [-0.2, -0.15) is 0 Å². The number of hydrogen-bond acceptors (Lipinski definition) is 3. The zero-order valence-corrected chi connectivity index (χ0v) is 21.1. The Morgan fingerprint density at radius 3 is 2.00 bits per heavy atom. The Labute approximate surface area is 211 Å². The van der Waals surface area contributed by atoms with Gasteiger partial charge in [-0.15, -0.1) is 0 Å². The number of hydrogen-bond donors (Lipinski definition) is 1. The lowest BCUT2D eigenvalue weighted by Crippen LogP contribution is -2.36. The van der Waals surface area contributed by atoms with Crippen LogP contribution in [0.25, 0.3) is 0 Å². The smallest absolute Gasteiger partial charge is 0.266 e. The maximum Gasteiger partial charge on any atom is 0.266 e. The third-order valence-electron chi connectivity index (χ3n) is 5.93. The van der Waals surface area contributed by atoms with E-state index < -0.39 is 18.3 Å². The van der Waals surface area contributed by atoms with Gasteiger partial charge in [-0.25, -0.2) is 0 Å². The maximum atomic E-state index is 15.9.